The van der Waals surface area contributed by atoms with Crippen LogP contribution < -0.4 is 4.90 Å². The second kappa shape index (κ2) is 6.23. The van der Waals surface area contributed by atoms with Gasteiger partial charge in [0, 0.05) is 19.8 Å². The second-order valence-electron chi connectivity index (χ2n) is 3.14. The number of benzene rings is 1. The van der Waals surface area contributed by atoms with Crippen molar-refractivity contribution in [2.75, 3.05) is 19.0 Å². The molecule has 1 rings (SSSR count). The summed E-state index contributed by atoms with van der Waals surface area (Å²) in [6.45, 7) is 3.06. The summed E-state index contributed by atoms with van der Waals surface area (Å²) in [5.74, 6) is 0.167. The fourth-order valence-electron chi connectivity index (χ4n) is 0.726. The molecule has 0 amide bonds. The molecule has 1 aromatic carbocycles. The fourth-order valence-corrected chi connectivity index (χ4v) is 0.726. The number of carbonyl (C=O) groups is 1. The van der Waals surface area contributed by atoms with Crippen LogP contribution in [0.15, 0.2) is 30.3 Å². The number of hydrogen-bond donors (Lipinski definition) is 0. The molecule has 0 N–H and O–H groups in total. The molecule has 1 aromatic rings. The third-order valence-corrected chi connectivity index (χ3v) is 1.27. The molecule has 72 valence electrons. The molecule has 2 nitrogen and oxygen atoms in total. The summed E-state index contributed by atoms with van der Waals surface area (Å²) < 4.78 is 0. The van der Waals surface area contributed by atoms with Crippen LogP contribution in [0.25, 0.3) is 0 Å². The van der Waals surface area contributed by atoms with Crippen LogP contribution in [0.4, 0.5) is 5.69 Å². The van der Waals surface area contributed by atoms with E-state index in [9.17, 15) is 4.79 Å². The fraction of sp³-hybridized carbons (Fsp3) is 0.364. The van der Waals surface area contributed by atoms with E-state index in [4.69, 9.17) is 0 Å². The van der Waals surface area contributed by atoms with Crippen LogP contribution >= 0.6 is 0 Å². The summed E-state index contributed by atoms with van der Waals surface area (Å²) in [7, 11) is 4.07. The summed E-state index contributed by atoms with van der Waals surface area (Å²) in [5, 5.41) is 0. The first kappa shape index (κ1) is 11.7. The Labute approximate surface area is 80.2 Å². The standard InChI is InChI=1S/C8H11N.C3H6O/c1-9(2)8-6-4-3-5-7-8;1-3(2)4/h3-7H,1-2H3;1-2H3. The van der Waals surface area contributed by atoms with Gasteiger partial charge in [-0.2, -0.15) is 0 Å². The van der Waals surface area contributed by atoms with Crippen molar-refractivity contribution in [3.05, 3.63) is 30.3 Å². The van der Waals surface area contributed by atoms with Gasteiger partial charge < -0.3 is 9.69 Å². The van der Waals surface area contributed by atoms with E-state index in [-0.39, 0.29) is 5.78 Å². The zero-order chi connectivity index (χ0) is 10.3. The van der Waals surface area contributed by atoms with E-state index >= 15 is 0 Å². The molecule has 0 unspecified atom stereocenters. The summed E-state index contributed by atoms with van der Waals surface area (Å²) in [4.78, 5) is 11.5. The first-order valence-electron chi connectivity index (χ1n) is 4.23. The van der Waals surface area contributed by atoms with Gasteiger partial charge in [-0.3, -0.25) is 0 Å². The Morgan fingerprint density at radius 1 is 1.08 bits per heavy atom. The van der Waals surface area contributed by atoms with E-state index in [0.717, 1.165) is 0 Å². The number of anilines is 1. The lowest BCUT2D eigenvalue weighted by molar-refractivity contribution is -0.114. The van der Waals surface area contributed by atoms with Crippen LogP contribution in [-0.4, -0.2) is 19.9 Å². The molecule has 0 fully saturated rings. The van der Waals surface area contributed by atoms with Gasteiger partial charge >= 0.3 is 0 Å². The van der Waals surface area contributed by atoms with Crippen LogP contribution in [0, 0.1) is 0 Å². The molecule has 2 heteroatoms. The monoisotopic (exact) mass is 179 g/mol. The predicted octanol–water partition coefficient (Wildman–Crippen LogP) is 2.35. The second-order valence-corrected chi connectivity index (χ2v) is 3.14. The zero-order valence-corrected chi connectivity index (χ0v) is 8.74. The lowest BCUT2D eigenvalue weighted by Crippen LogP contribution is -2.07. The van der Waals surface area contributed by atoms with Crippen molar-refractivity contribution in [2.45, 2.75) is 13.8 Å². The van der Waals surface area contributed by atoms with Crippen molar-refractivity contribution in [2.24, 2.45) is 0 Å². The number of rotatable bonds is 1. The van der Waals surface area contributed by atoms with Crippen molar-refractivity contribution >= 4 is 11.5 Å². The van der Waals surface area contributed by atoms with Crippen molar-refractivity contribution in [3.8, 4) is 0 Å². The highest BCUT2D eigenvalue weighted by Crippen LogP contribution is 2.07. The SMILES string of the molecule is CC(C)=O.CN(C)c1ccccc1. The number of Topliss-reactive ketones (excluding diaryl/α,β-unsaturated/α-hetero) is 1. The average molecular weight is 179 g/mol. The Bertz CT molecular complexity index is 238. The molecular formula is C11H17NO. The van der Waals surface area contributed by atoms with Crippen molar-refractivity contribution in [1.82, 2.24) is 0 Å². The van der Waals surface area contributed by atoms with Gasteiger partial charge in [-0.05, 0) is 26.0 Å². The number of carbonyl (C=O) groups excluding carboxylic acids is 1. The first-order chi connectivity index (χ1) is 6.04. The normalized spacial score (nSPS) is 8.31. The minimum absolute atomic E-state index is 0.167. The summed E-state index contributed by atoms with van der Waals surface area (Å²) in [6.07, 6.45) is 0. The van der Waals surface area contributed by atoms with E-state index in [1.54, 1.807) is 0 Å². The Morgan fingerprint density at radius 3 is 1.69 bits per heavy atom. The molecule has 0 saturated carbocycles. The van der Waals surface area contributed by atoms with Gasteiger partial charge in [-0.15, -0.1) is 0 Å². The summed E-state index contributed by atoms with van der Waals surface area (Å²) in [5.41, 5.74) is 1.25. The van der Waals surface area contributed by atoms with Gasteiger partial charge in [0.2, 0.25) is 0 Å². The molecule has 0 radical (unpaired) electrons. The van der Waals surface area contributed by atoms with E-state index in [2.05, 4.69) is 17.0 Å². The first-order valence-corrected chi connectivity index (χ1v) is 4.23. The highest BCUT2D eigenvalue weighted by Gasteiger charge is 1.87. The van der Waals surface area contributed by atoms with Crippen molar-refractivity contribution < 1.29 is 4.79 Å². The molecule has 0 atom stereocenters. The van der Waals surface area contributed by atoms with Gasteiger partial charge in [0.05, 0.1) is 0 Å². The average Bonchev–Trinajstić information content (AvgIpc) is 2.05. The Hall–Kier alpha value is -1.31. The molecule has 0 spiro atoms. The molecule has 0 bridgehead atoms. The van der Waals surface area contributed by atoms with Crippen LogP contribution in [0.2, 0.25) is 0 Å². The third-order valence-electron chi connectivity index (χ3n) is 1.27. The quantitative estimate of drug-likeness (QED) is 0.659. The number of nitrogens with zero attached hydrogens (tertiary/aromatic N) is 1. The number of ketones is 1. The topological polar surface area (TPSA) is 20.3 Å². The van der Waals surface area contributed by atoms with E-state index in [1.165, 1.54) is 19.5 Å². The summed E-state index contributed by atoms with van der Waals surface area (Å²) in [6, 6.07) is 10.3. The molecular weight excluding hydrogens is 162 g/mol. The highest BCUT2D eigenvalue weighted by molar-refractivity contribution is 5.72. The molecule has 0 aliphatic rings. The third kappa shape index (κ3) is 7.06. The molecule has 13 heavy (non-hydrogen) atoms. The molecule has 0 heterocycles. The van der Waals surface area contributed by atoms with E-state index < -0.39 is 0 Å². The molecule has 0 aliphatic heterocycles. The smallest absolute Gasteiger partial charge is 0.126 e. The Kier molecular flexibility index (Phi) is 5.60. The zero-order valence-electron chi connectivity index (χ0n) is 8.74. The van der Waals surface area contributed by atoms with Crippen LogP contribution in [-0.2, 0) is 4.79 Å². The van der Waals surface area contributed by atoms with Crippen LogP contribution in [0.3, 0.4) is 0 Å². The Balaban J connectivity index is 0.000000310. The lowest BCUT2D eigenvalue weighted by Gasteiger charge is -2.10. The maximum Gasteiger partial charge on any atom is 0.126 e. The largest absolute Gasteiger partial charge is 0.378 e. The van der Waals surface area contributed by atoms with Gasteiger partial charge in [0.15, 0.2) is 0 Å². The number of para-hydroxylation sites is 1. The number of hydrogen-bond acceptors (Lipinski definition) is 2. The van der Waals surface area contributed by atoms with Crippen molar-refractivity contribution in [1.29, 1.82) is 0 Å². The van der Waals surface area contributed by atoms with Gasteiger partial charge in [0.1, 0.15) is 5.78 Å². The van der Waals surface area contributed by atoms with Gasteiger partial charge in [-0.1, -0.05) is 18.2 Å². The lowest BCUT2D eigenvalue weighted by atomic mass is 10.3. The minimum Gasteiger partial charge on any atom is -0.378 e. The van der Waals surface area contributed by atoms with E-state index in [1.807, 2.05) is 32.3 Å². The van der Waals surface area contributed by atoms with Gasteiger partial charge in [-0.25, -0.2) is 0 Å². The van der Waals surface area contributed by atoms with E-state index in [0.29, 0.717) is 0 Å². The minimum atomic E-state index is 0.167. The Morgan fingerprint density at radius 2 is 1.46 bits per heavy atom. The molecule has 0 aliphatic carbocycles. The van der Waals surface area contributed by atoms with Crippen molar-refractivity contribution in [3.63, 3.8) is 0 Å². The van der Waals surface area contributed by atoms with Crippen LogP contribution in [0.1, 0.15) is 13.8 Å². The molecule has 0 saturated heterocycles. The van der Waals surface area contributed by atoms with Gasteiger partial charge in [0.25, 0.3) is 0 Å². The maximum atomic E-state index is 9.44. The summed E-state index contributed by atoms with van der Waals surface area (Å²) >= 11 is 0. The maximum absolute atomic E-state index is 9.44. The highest BCUT2D eigenvalue weighted by atomic mass is 16.1. The molecule has 0 aromatic heterocycles. The van der Waals surface area contributed by atoms with Crippen LogP contribution in [0.5, 0.6) is 0 Å². The predicted molar refractivity (Wildman–Crippen MR) is 57.1 cm³/mol.